The zero-order valence-electron chi connectivity index (χ0n) is 14.5. The third-order valence-electron chi connectivity index (χ3n) is 4.51. The fourth-order valence-electron chi connectivity index (χ4n) is 3.33. The van der Waals surface area contributed by atoms with E-state index in [1.54, 1.807) is 6.07 Å². The lowest BCUT2D eigenvalue weighted by molar-refractivity contribution is 0.432. The summed E-state index contributed by atoms with van der Waals surface area (Å²) in [5, 5.41) is 15.2. The Hall–Kier alpha value is -3.14. The summed E-state index contributed by atoms with van der Waals surface area (Å²) in [7, 11) is 0. The molecule has 0 unspecified atom stereocenters. The van der Waals surface area contributed by atoms with E-state index in [1.807, 2.05) is 35.0 Å². The summed E-state index contributed by atoms with van der Waals surface area (Å²) >= 11 is 0. The monoisotopic (exact) mass is 346 g/mol. The summed E-state index contributed by atoms with van der Waals surface area (Å²) in [6, 6.07) is 20.7. The fourth-order valence-corrected chi connectivity index (χ4v) is 3.33. The van der Waals surface area contributed by atoms with E-state index in [4.69, 9.17) is 5.10 Å². The van der Waals surface area contributed by atoms with E-state index < -0.39 is 5.82 Å². The first-order valence-corrected chi connectivity index (χ1v) is 8.73. The number of hydrogen-bond donors (Lipinski definition) is 1. The van der Waals surface area contributed by atoms with Crippen LogP contribution in [0.1, 0.15) is 13.3 Å². The zero-order chi connectivity index (χ0) is 18.1. The number of para-hydroxylation sites is 1. The molecule has 26 heavy (non-hydrogen) atoms. The Morgan fingerprint density at radius 3 is 2.50 bits per heavy atom. The molecule has 4 rings (SSSR count). The van der Waals surface area contributed by atoms with Crippen molar-refractivity contribution in [3.05, 3.63) is 72.5 Å². The normalized spacial score (nSPS) is 11.2. The molecule has 0 bridgehead atoms. The third kappa shape index (κ3) is 2.73. The van der Waals surface area contributed by atoms with Crippen molar-refractivity contribution in [3.8, 4) is 28.1 Å². The largest absolute Gasteiger partial charge is 0.505 e. The zero-order valence-corrected chi connectivity index (χ0v) is 14.5. The molecule has 0 aliphatic rings. The van der Waals surface area contributed by atoms with Crippen LogP contribution in [0.25, 0.3) is 33.3 Å². The molecule has 0 saturated carbocycles. The smallest absolute Gasteiger partial charge is 0.165 e. The molecule has 0 spiro atoms. The van der Waals surface area contributed by atoms with E-state index in [0.717, 1.165) is 40.7 Å². The molecule has 3 aromatic carbocycles. The van der Waals surface area contributed by atoms with Gasteiger partial charge in [-0.05, 0) is 30.2 Å². The molecule has 0 aliphatic carbocycles. The summed E-state index contributed by atoms with van der Waals surface area (Å²) in [4.78, 5) is 0. The lowest BCUT2D eigenvalue weighted by atomic mass is 10.0. The maximum atomic E-state index is 13.9. The number of rotatable bonds is 4. The van der Waals surface area contributed by atoms with Gasteiger partial charge in [0.25, 0.3) is 0 Å². The quantitative estimate of drug-likeness (QED) is 0.520. The second-order valence-electron chi connectivity index (χ2n) is 6.31. The maximum Gasteiger partial charge on any atom is 0.165 e. The number of nitrogens with zero attached hydrogens (tertiary/aromatic N) is 2. The number of phenolic OH excluding ortho intramolecular Hbond substituents is 1. The Labute approximate surface area is 151 Å². The van der Waals surface area contributed by atoms with Gasteiger partial charge in [-0.15, -0.1) is 0 Å². The van der Waals surface area contributed by atoms with Crippen molar-refractivity contribution in [3.63, 3.8) is 0 Å². The Morgan fingerprint density at radius 2 is 1.77 bits per heavy atom. The predicted octanol–water partition coefficient (Wildman–Crippen LogP) is 5.63. The summed E-state index contributed by atoms with van der Waals surface area (Å²) in [5.41, 5.74) is 4.66. The lowest BCUT2D eigenvalue weighted by Gasteiger charge is -2.07. The van der Waals surface area contributed by atoms with Crippen molar-refractivity contribution in [2.45, 2.75) is 19.9 Å². The van der Waals surface area contributed by atoms with Gasteiger partial charge in [-0.3, -0.25) is 4.68 Å². The van der Waals surface area contributed by atoms with E-state index in [2.05, 4.69) is 25.1 Å². The van der Waals surface area contributed by atoms with Crippen LogP contribution >= 0.6 is 0 Å². The van der Waals surface area contributed by atoms with Crippen LogP contribution in [-0.2, 0) is 6.54 Å². The first kappa shape index (κ1) is 16.3. The highest BCUT2D eigenvalue weighted by molar-refractivity contribution is 6.01. The van der Waals surface area contributed by atoms with Gasteiger partial charge in [-0.25, -0.2) is 4.39 Å². The van der Waals surface area contributed by atoms with E-state index >= 15 is 0 Å². The van der Waals surface area contributed by atoms with Gasteiger partial charge in [-0.2, -0.15) is 5.10 Å². The molecule has 0 aliphatic heterocycles. The molecule has 4 aromatic rings. The van der Waals surface area contributed by atoms with Gasteiger partial charge in [0, 0.05) is 23.1 Å². The minimum Gasteiger partial charge on any atom is -0.505 e. The van der Waals surface area contributed by atoms with E-state index in [1.165, 1.54) is 12.1 Å². The van der Waals surface area contributed by atoms with Crippen molar-refractivity contribution < 1.29 is 9.50 Å². The molecule has 130 valence electrons. The molecule has 1 heterocycles. The van der Waals surface area contributed by atoms with Crippen LogP contribution in [0.4, 0.5) is 4.39 Å². The highest BCUT2D eigenvalue weighted by atomic mass is 19.1. The highest BCUT2D eigenvalue weighted by Gasteiger charge is 2.17. The second kappa shape index (κ2) is 6.64. The van der Waals surface area contributed by atoms with Gasteiger partial charge < -0.3 is 5.11 Å². The fraction of sp³-hybridized carbons (Fsp3) is 0.136. The summed E-state index contributed by atoms with van der Waals surface area (Å²) in [5.74, 6) is -0.990. The van der Waals surface area contributed by atoms with E-state index in [-0.39, 0.29) is 5.75 Å². The minimum atomic E-state index is -0.639. The molecule has 3 nitrogen and oxygen atoms in total. The summed E-state index contributed by atoms with van der Waals surface area (Å²) in [6.45, 7) is 2.89. The summed E-state index contributed by atoms with van der Waals surface area (Å²) in [6.07, 6.45) is 0.948. The molecule has 4 heteroatoms. The van der Waals surface area contributed by atoms with Crippen molar-refractivity contribution >= 4 is 10.9 Å². The van der Waals surface area contributed by atoms with Crippen LogP contribution in [-0.4, -0.2) is 14.9 Å². The predicted molar refractivity (Wildman–Crippen MR) is 103 cm³/mol. The standard InChI is InChI=1S/C22H19FN2O/c1-2-13-25-22-17(15-7-4-3-5-8-15)9-6-10-18(22)21(24-25)16-11-12-20(26)19(23)14-16/h3-12,14,26H,2,13H2,1H3. The van der Waals surface area contributed by atoms with Crippen LogP contribution in [0.5, 0.6) is 5.75 Å². The molecule has 0 atom stereocenters. The topological polar surface area (TPSA) is 38.0 Å². The number of aryl methyl sites for hydroxylation is 1. The van der Waals surface area contributed by atoms with Crippen LogP contribution in [0.3, 0.4) is 0 Å². The number of fused-ring (bicyclic) bond motifs is 1. The Morgan fingerprint density at radius 1 is 0.962 bits per heavy atom. The Kier molecular flexibility index (Phi) is 4.17. The van der Waals surface area contributed by atoms with Crippen molar-refractivity contribution in [1.82, 2.24) is 9.78 Å². The average molecular weight is 346 g/mol. The Bertz CT molecular complexity index is 1070. The van der Waals surface area contributed by atoms with Gasteiger partial charge >= 0.3 is 0 Å². The number of aromatic nitrogens is 2. The summed E-state index contributed by atoms with van der Waals surface area (Å²) < 4.78 is 15.9. The third-order valence-corrected chi connectivity index (χ3v) is 4.51. The van der Waals surface area contributed by atoms with Crippen molar-refractivity contribution in [2.24, 2.45) is 0 Å². The SMILES string of the molecule is CCCn1nc(-c2ccc(O)c(F)c2)c2cccc(-c3ccccc3)c21. The van der Waals surface area contributed by atoms with Crippen LogP contribution < -0.4 is 0 Å². The Balaban J connectivity index is 2.00. The minimum absolute atomic E-state index is 0.351. The second-order valence-corrected chi connectivity index (χ2v) is 6.31. The van der Waals surface area contributed by atoms with Gasteiger partial charge in [-0.1, -0.05) is 55.5 Å². The maximum absolute atomic E-state index is 13.9. The van der Waals surface area contributed by atoms with E-state index in [0.29, 0.717) is 5.56 Å². The molecule has 1 aromatic heterocycles. The molecule has 0 amide bonds. The highest BCUT2D eigenvalue weighted by Crippen LogP contribution is 2.35. The number of aromatic hydroxyl groups is 1. The molecule has 0 radical (unpaired) electrons. The van der Waals surface area contributed by atoms with Crippen LogP contribution in [0, 0.1) is 5.82 Å². The molecular weight excluding hydrogens is 327 g/mol. The number of phenols is 1. The first-order chi connectivity index (χ1) is 12.7. The van der Waals surface area contributed by atoms with Gasteiger partial charge in [0.05, 0.1) is 5.52 Å². The number of hydrogen-bond acceptors (Lipinski definition) is 2. The molecular formula is C22H19FN2O. The van der Waals surface area contributed by atoms with Crippen LogP contribution in [0.2, 0.25) is 0 Å². The van der Waals surface area contributed by atoms with Crippen molar-refractivity contribution in [2.75, 3.05) is 0 Å². The van der Waals surface area contributed by atoms with Gasteiger partial charge in [0.1, 0.15) is 5.69 Å². The van der Waals surface area contributed by atoms with Gasteiger partial charge in [0.2, 0.25) is 0 Å². The van der Waals surface area contributed by atoms with Crippen molar-refractivity contribution in [1.29, 1.82) is 0 Å². The lowest BCUT2D eigenvalue weighted by Crippen LogP contribution is -2.00. The number of halogens is 1. The average Bonchev–Trinajstić information content (AvgIpc) is 3.04. The van der Waals surface area contributed by atoms with Crippen LogP contribution in [0.15, 0.2) is 66.7 Å². The molecule has 0 fully saturated rings. The molecule has 0 saturated heterocycles. The number of benzene rings is 3. The molecule has 1 N–H and O–H groups in total. The van der Waals surface area contributed by atoms with Gasteiger partial charge in [0.15, 0.2) is 11.6 Å². The first-order valence-electron chi connectivity index (χ1n) is 8.73. The van der Waals surface area contributed by atoms with E-state index in [9.17, 15) is 9.50 Å².